The van der Waals surface area contributed by atoms with E-state index in [1.807, 2.05) is 0 Å². The lowest BCUT2D eigenvalue weighted by molar-refractivity contribution is -0.144. The van der Waals surface area contributed by atoms with Gasteiger partial charge in [-0.25, -0.2) is 4.79 Å². The van der Waals surface area contributed by atoms with Gasteiger partial charge < -0.3 is 43.4 Å². The molecule has 13 nitrogen and oxygen atoms in total. The molecule has 0 spiro atoms. The van der Waals surface area contributed by atoms with Gasteiger partial charge >= 0.3 is 5.97 Å². The molecule has 0 aromatic rings. The Morgan fingerprint density at radius 1 is 0.912 bits per heavy atom. The third-order valence-corrected chi connectivity index (χ3v) is 5.44. The summed E-state index contributed by atoms with van der Waals surface area (Å²) in [5.41, 5.74) is 16.5. The summed E-state index contributed by atoms with van der Waals surface area (Å²) in [6, 6.07) is -4.61. The van der Waals surface area contributed by atoms with Crippen LogP contribution in [0.15, 0.2) is 4.99 Å². The van der Waals surface area contributed by atoms with Gasteiger partial charge in [-0.05, 0) is 31.6 Å². The second kappa shape index (κ2) is 15.1. The Hall–Kier alpha value is -2.93. The number of aliphatic carboxylic acids is 1. The number of hydrogen-bond acceptors (Lipinski definition) is 7. The van der Waals surface area contributed by atoms with E-state index in [-0.39, 0.29) is 30.8 Å². The van der Waals surface area contributed by atoms with Gasteiger partial charge in [0.05, 0.1) is 12.1 Å². The fourth-order valence-electron chi connectivity index (χ4n) is 2.93. The maximum atomic E-state index is 13.0. The summed E-state index contributed by atoms with van der Waals surface area (Å²) in [6.07, 6.45) is -0.402. The van der Waals surface area contributed by atoms with E-state index in [1.165, 1.54) is 6.92 Å². The van der Waals surface area contributed by atoms with Crippen molar-refractivity contribution in [1.29, 1.82) is 0 Å². The van der Waals surface area contributed by atoms with Crippen LogP contribution in [0.1, 0.15) is 53.9 Å². The molecule has 0 heterocycles. The fraction of sp³-hybridized carbons (Fsp3) is 0.762. The second-order valence-corrected chi connectivity index (χ2v) is 8.72. The Bertz CT molecular complexity index is 724. The molecule has 0 saturated carbocycles. The van der Waals surface area contributed by atoms with Gasteiger partial charge in [-0.3, -0.25) is 19.4 Å². The summed E-state index contributed by atoms with van der Waals surface area (Å²) < 4.78 is 0. The van der Waals surface area contributed by atoms with Crippen LogP contribution >= 0.6 is 0 Å². The van der Waals surface area contributed by atoms with Crippen molar-refractivity contribution in [3.8, 4) is 0 Å². The predicted octanol–water partition coefficient (Wildman–Crippen LogP) is -2.01. The molecule has 0 aliphatic carbocycles. The van der Waals surface area contributed by atoms with Crippen LogP contribution in [-0.4, -0.2) is 76.7 Å². The largest absolute Gasteiger partial charge is 0.480 e. The monoisotopic (exact) mass is 487 g/mol. The first-order chi connectivity index (χ1) is 15.7. The van der Waals surface area contributed by atoms with Gasteiger partial charge in [0, 0.05) is 6.54 Å². The zero-order valence-electron chi connectivity index (χ0n) is 20.6. The van der Waals surface area contributed by atoms with Gasteiger partial charge in [0.1, 0.15) is 18.1 Å². The first kappa shape index (κ1) is 31.1. The summed E-state index contributed by atoms with van der Waals surface area (Å²) in [7, 11) is 0. The minimum atomic E-state index is -1.45. The smallest absolute Gasteiger partial charge is 0.326 e. The van der Waals surface area contributed by atoms with Crippen LogP contribution in [0.25, 0.3) is 0 Å². The molecule has 0 fully saturated rings. The van der Waals surface area contributed by atoms with Crippen LogP contribution in [0.3, 0.4) is 0 Å². The number of carbonyl (C=O) groups is 4. The van der Waals surface area contributed by atoms with Gasteiger partial charge in [0.2, 0.25) is 17.7 Å². The van der Waals surface area contributed by atoms with Gasteiger partial charge in [-0.2, -0.15) is 0 Å². The third-order valence-electron chi connectivity index (χ3n) is 5.44. The molecule has 0 aliphatic heterocycles. The summed E-state index contributed by atoms with van der Waals surface area (Å²) in [5, 5.41) is 26.9. The van der Waals surface area contributed by atoms with E-state index in [0.29, 0.717) is 12.8 Å². The van der Waals surface area contributed by atoms with Gasteiger partial charge in [0.25, 0.3) is 0 Å². The number of hydrogen-bond donors (Lipinski definition) is 8. The Morgan fingerprint density at radius 3 is 1.91 bits per heavy atom. The number of aliphatic hydroxyl groups excluding tert-OH is 1. The number of amides is 3. The fourth-order valence-corrected chi connectivity index (χ4v) is 2.93. The van der Waals surface area contributed by atoms with Crippen molar-refractivity contribution >= 4 is 29.7 Å². The van der Waals surface area contributed by atoms with Crippen LogP contribution in [0.2, 0.25) is 0 Å². The maximum Gasteiger partial charge on any atom is 0.326 e. The predicted molar refractivity (Wildman–Crippen MR) is 127 cm³/mol. The molecule has 196 valence electrons. The number of aliphatic imine (C=N–C) groups is 1. The lowest BCUT2D eigenvalue weighted by Gasteiger charge is -2.28. The number of aliphatic hydroxyl groups is 1. The van der Waals surface area contributed by atoms with Crippen molar-refractivity contribution in [1.82, 2.24) is 16.0 Å². The van der Waals surface area contributed by atoms with Gasteiger partial charge in [-0.1, -0.05) is 34.1 Å². The molecule has 0 saturated heterocycles. The highest BCUT2D eigenvalue weighted by molar-refractivity contribution is 5.94. The van der Waals surface area contributed by atoms with E-state index in [2.05, 4.69) is 20.9 Å². The maximum absolute atomic E-state index is 13.0. The zero-order valence-corrected chi connectivity index (χ0v) is 20.6. The molecule has 6 atom stereocenters. The molecule has 0 aromatic carbocycles. The molecule has 0 rings (SSSR count). The summed E-state index contributed by atoms with van der Waals surface area (Å²) in [5.74, 6) is -4.08. The van der Waals surface area contributed by atoms with Crippen molar-refractivity contribution in [3.63, 3.8) is 0 Å². The molecule has 13 heteroatoms. The van der Waals surface area contributed by atoms with E-state index in [9.17, 15) is 29.4 Å². The quantitative estimate of drug-likeness (QED) is 0.0722. The molecular weight excluding hydrogens is 446 g/mol. The Balaban J connectivity index is 5.56. The van der Waals surface area contributed by atoms with E-state index < -0.39 is 54.0 Å². The molecular formula is C21H41N7O6. The number of guanidine groups is 1. The highest BCUT2D eigenvalue weighted by Crippen LogP contribution is 2.09. The molecule has 0 aliphatic rings. The van der Waals surface area contributed by atoms with E-state index in [4.69, 9.17) is 17.2 Å². The minimum absolute atomic E-state index is 0.119. The molecule has 6 unspecified atom stereocenters. The van der Waals surface area contributed by atoms with E-state index in [0.717, 1.165) is 0 Å². The Morgan fingerprint density at radius 2 is 1.47 bits per heavy atom. The standard InChI is InChI=1S/C21H41N7O6/c1-6-11(4)15(20(33)34)27-19(32)16(12(5)29)28-17(30)13(8-7-9-25-21(23)24)26-18(31)14(22)10(2)3/h10-16,29H,6-9,22H2,1-5H3,(H,26,31)(H,27,32)(H,28,30)(H,33,34)(H4,23,24,25). The van der Waals surface area contributed by atoms with Crippen LogP contribution in [0.4, 0.5) is 0 Å². The number of rotatable bonds is 15. The molecule has 3 amide bonds. The number of nitrogens with zero attached hydrogens (tertiary/aromatic N) is 1. The second-order valence-electron chi connectivity index (χ2n) is 8.72. The first-order valence-corrected chi connectivity index (χ1v) is 11.4. The van der Waals surface area contributed by atoms with Crippen molar-refractivity contribution in [2.24, 2.45) is 34.0 Å². The van der Waals surface area contributed by atoms with Crippen LogP contribution in [0, 0.1) is 11.8 Å². The van der Waals surface area contributed by atoms with Crippen molar-refractivity contribution in [3.05, 3.63) is 0 Å². The number of carbonyl (C=O) groups excluding carboxylic acids is 3. The van der Waals surface area contributed by atoms with Crippen LogP contribution in [-0.2, 0) is 19.2 Å². The van der Waals surface area contributed by atoms with Crippen molar-refractivity contribution < 1.29 is 29.4 Å². The lowest BCUT2D eigenvalue weighted by Crippen LogP contribution is -2.60. The van der Waals surface area contributed by atoms with Gasteiger partial charge in [0.15, 0.2) is 5.96 Å². The summed E-state index contributed by atoms with van der Waals surface area (Å²) >= 11 is 0. The SMILES string of the molecule is CCC(C)C(NC(=O)C(NC(=O)C(CCCN=C(N)N)NC(=O)C(N)C(C)C)C(C)O)C(=O)O. The van der Waals surface area contributed by atoms with Crippen LogP contribution < -0.4 is 33.2 Å². The summed E-state index contributed by atoms with van der Waals surface area (Å²) in [6.45, 7) is 8.43. The molecule has 11 N–H and O–H groups in total. The molecule has 0 aromatic heterocycles. The Labute approximate surface area is 200 Å². The normalized spacial score (nSPS) is 16.4. The van der Waals surface area contributed by atoms with Crippen molar-refractivity contribution in [2.75, 3.05) is 6.54 Å². The number of carboxylic acids is 1. The first-order valence-electron chi connectivity index (χ1n) is 11.4. The Kier molecular flexibility index (Phi) is 13.8. The topological polar surface area (TPSA) is 235 Å². The average molecular weight is 488 g/mol. The summed E-state index contributed by atoms with van der Waals surface area (Å²) in [4.78, 5) is 53.5. The van der Waals surface area contributed by atoms with Crippen molar-refractivity contribution in [2.45, 2.75) is 84.2 Å². The minimum Gasteiger partial charge on any atom is -0.480 e. The highest BCUT2D eigenvalue weighted by Gasteiger charge is 2.34. The molecule has 34 heavy (non-hydrogen) atoms. The number of carboxylic acid groups (broad SMARTS) is 1. The highest BCUT2D eigenvalue weighted by atomic mass is 16.4. The van der Waals surface area contributed by atoms with E-state index >= 15 is 0 Å². The average Bonchev–Trinajstić information content (AvgIpc) is 2.75. The van der Waals surface area contributed by atoms with Crippen LogP contribution in [0.5, 0.6) is 0 Å². The number of nitrogens with two attached hydrogens (primary N) is 3. The third kappa shape index (κ3) is 10.8. The van der Waals surface area contributed by atoms with Gasteiger partial charge in [-0.15, -0.1) is 0 Å². The molecule has 0 bridgehead atoms. The zero-order chi connectivity index (χ0) is 26.6. The van der Waals surface area contributed by atoms with E-state index in [1.54, 1.807) is 27.7 Å². The molecule has 0 radical (unpaired) electrons. The number of nitrogens with one attached hydrogen (secondary N) is 3. The lowest BCUT2D eigenvalue weighted by atomic mass is 9.98.